The van der Waals surface area contributed by atoms with Gasteiger partial charge in [-0.1, -0.05) is 0 Å². The Hall–Kier alpha value is -3.67. The molecule has 2 aromatic heterocycles. The largest absolute Gasteiger partial charge is 0.416 e. The van der Waals surface area contributed by atoms with E-state index in [4.69, 9.17) is 4.74 Å². The maximum atomic E-state index is 13.6. The van der Waals surface area contributed by atoms with Crippen LogP contribution in [0.5, 0.6) is 0 Å². The molecular weight excluding hydrogens is 499 g/mol. The van der Waals surface area contributed by atoms with Crippen LogP contribution in [0.2, 0.25) is 0 Å². The van der Waals surface area contributed by atoms with Gasteiger partial charge in [-0.25, -0.2) is 9.97 Å². The highest BCUT2D eigenvalue weighted by molar-refractivity contribution is 5.80. The summed E-state index contributed by atoms with van der Waals surface area (Å²) in [6.07, 6.45) is -1.33. The first-order chi connectivity index (χ1) is 18.2. The van der Waals surface area contributed by atoms with E-state index in [-0.39, 0.29) is 12.5 Å². The number of rotatable bonds is 5. The number of alkyl halides is 3. The molecule has 0 bridgehead atoms. The van der Waals surface area contributed by atoms with Gasteiger partial charge in [-0.05, 0) is 38.1 Å². The highest BCUT2D eigenvalue weighted by Gasteiger charge is 2.32. The molecule has 5 rings (SSSR count). The van der Waals surface area contributed by atoms with Crippen LogP contribution in [0.15, 0.2) is 36.7 Å². The Bertz CT molecular complexity index is 1280. The van der Waals surface area contributed by atoms with Crippen LogP contribution in [0, 0.1) is 13.8 Å². The van der Waals surface area contributed by atoms with E-state index >= 15 is 0 Å². The number of nitrogens with zero attached hydrogens (tertiary/aromatic N) is 7. The van der Waals surface area contributed by atoms with Crippen molar-refractivity contribution in [2.45, 2.75) is 26.6 Å². The van der Waals surface area contributed by atoms with Crippen LogP contribution in [0.25, 0.3) is 11.1 Å². The summed E-state index contributed by atoms with van der Waals surface area (Å²) in [5.41, 5.74) is 2.63. The number of halogens is 3. The highest BCUT2D eigenvalue weighted by atomic mass is 19.4. The molecule has 0 unspecified atom stereocenters. The number of carbonyl (C=O) groups excluding carboxylic acids is 1. The van der Waals surface area contributed by atoms with Crippen LogP contribution in [-0.4, -0.2) is 83.0 Å². The van der Waals surface area contributed by atoms with E-state index < -0.39 is 11.7 Å². The quantitative estimate of drug-likeness (QED) is 0.503. The number of aryl methyl sites for hydroxylation is 2. The molecule has 0 atom stereocenters. The van der Waals surface area contributed by atoms with Gasteiger partial charge >= 0.3 is 6.18 Å². The summed E-state index contributed by atoms with van der Waals surface area (Å²) in [6, 6.07) is 5.68. The van der Waals surface area contributed by atoms with Crippen LogP contribution < -0.4 is 9.80 Å². The number of ether oxygens (including phenoxy) is 1. The average molecular weight is 530 g/mol. The number of hydrogen-bond acceptors (Lipinski definition) is 7. The van der Waals surface area contributed by atoms with Crippen LogP contribution in [-0.2, 0) is 22.3 Å². The fourth-order valence-electron chi connectivity index (χ4n) is 4.87. The molecule has 9 nitrogen and oxygen atoms in total. The molecule has 2 saturated heterocycles. The van der Waals surface area contributed by atoms with Gasteiger partial charge in [-0.3, -0.25) is 9.48 Å². The summed E-state index contributed by atoms with van der Waals surface area (Å²) >= 11 is 0. The minimum atomic E-state index is -4.48. The maximum absolute atomic E-state index is 13.6. The average Bonchev–Trinajstić information content (AvgIpc) is 3.24. The van der Waals surface area contributed by atoms with Gasteiger partial charge in [-0.15, -0.1) is 0 Å². The summed E-state index contributed by atoms with van der Waals surface area (Å²) in [6.45, 7) is 8.37. The first kappa shape index (κ1) is 26.0. The molecule has 2 aliphatic heterocycles. The van der Waals surface area contributed by atoms with Crippen LogP contribution >= 0.6 is 0 Å². The topological polar surface area (TPSA) is 79.6 Å². The van der Waals surface area contributed by atoms with Crippen molar-refractivity contribution in [1.82, 2.24) is 24.6 Å². The fraction of sp³-hybridized carbons (Fsp3) is 0.462. The zero-order valence-electron chi connectivity index (χ0n) is 21.4. The van der Waals surface area contributed by atoms with Gasteiger partial charge < -0.3 is 19.4 Å². The molecular formula is C26H30F3N7O2. The molecule has 1 amide bonds. The van der Waals surface area contributed by atoms with E-state index in [9.17, 15) is 18.0 Å². The standard InChI is InChI=1S/C26H30F3N7O2/c1-18-13-19(2)36(32-18)17-24(37)34-7-5-33(6-8-34)23-4-3-21(26(27,28)29)14-22(23)20-15-30-25(31-16-20)35-9-11-38-12-10-35/h3-4,13-16H,5-12,17H2,1-2H3. The normalized spacial score (nSPS) is 16.7. The Balaban J connectivity index is 1.34. The van der Waals surface area contributed by atoms with Gasteiger partial charge in [0.05, 0.1) is 24.5 Å². The minimum absolute atomic E-state index is 0.0319. The third kappa shape index (κ3) is 5.59. The smallest absolute Gasteiger partial charge is 0.378 e. The molecule has 0 aliphatic carbocycles. The molecule has 0 spiro atoms. The van der Waals surface area contributed by atoms with Gasteiger partial charge in [0.1, 0.15) is 6.54 Å². The molecule has 1 aromatic carbocycles. The number of carbonyl (C=O) groups is 1. The molecule has 2 fully saturated rings. The predicted molar refractivity (Wildman–Crippen MR) is 136 cm³/mol. The second-order valence-corrected chi connectivity index (χ2v) is 9.55. The number of anilines is 2. The van der Waals surface area contributed by atoms with E-state index in [0.717, 1.165) is 23.5 Å². The SMILES string of the molecule is Cc1cc(C)n(CC(=O)N2CCN(c3ccc(C(F)(F)F)cc3-c3cnc(N4CCOCC4)nc3)CC2)n1. The zero-order chi connectivity index (χ0) is 26.9. The predicted octanol–water partition coefficient (Wildman–Crippen LogP) is 3.16. The lowest BCUT2D eigenvalue weighted by Gasteiger charge is -2.37. The van der Waals surface area contributed by atoms with Crippen LogP contribution in [0.1, 0.15) is 17.0 Å². The van der Waals surface area contributed by atoms with E-state index in [1.165, 1.54) is 6.07 Å². The summed E-state index contributed by atoms with van der Waals surface area (Å²) < 4.78 is 47.9. The van der Waals surface area contributed by atoms with Crippen molar-refractivity contribution in [3.05, 3.63) is 53.6 Å². The van der Waals surface area contributed by atoms with E-state index in [2.05, 4.69) is 15.1 Å². The summed E-state index contributed by atoms with van der Waals surface area (Å²) in [5.74, 6) is 0.496. The van der Waals surface area contributed by atoms with Gasteiger partial charge in [0.15, 0.2) is 0 Å². The third-order valence-electron chi connectivity index (χ3n) is 6.93. The van der Waals surface area contributed by atoms with E-state index in [1.54, 1.807) is 22.0 Å². The van der Waals surface area contributed by atoms with E-state index in [1.807, 2.05) is 29.7 Å². The Morgan fingerprint density at radius 3 is 2.24 bits per heavy atom. The number of morpholine rings is 1. The van der Waals surface area contributed by atoms with Crippen molar-refractivity contribution in [3.63, 3.8) is 0 Å². The molecule has 0 saturated carbocycles. The fourth-order valence-corrected chi connectivity index (χ4v) is 4.87. The van der Waals surface area contributed by atoms with Crippen molar-refractivity contribution in [2.24, 2.45) is 0 Å². The second kappa shape index (κ2) is 10.6. The van der Waals surface area contributed by atoms with Gasteiger partial charge in [0.2, 0.25) is 11.9 Å². The first-order valence-corrected chi connectivity index (χ1v) is 12.6. The number of hydrogen-bond donors (Lipinski definition) is 0. The van der Waals surface area contributed by atoms with Gasteiger partial charge in [0.25, 0.3) is 0 Å². The second-order valence-electron chi connectivity index (χ2n) is 9.55. The van der Waals surface area contributed by atoms with Crippen molar-refractivity contribution >= 4 is 17.5 Å². The van der Waals surface area contributed by atoms with Gasteiger partial charge in [0, 0.05) is 74.2 Å². The Morgan fingerprint density at radius 1 is 0.947 bits per heavy atom. The molecule has 4 heterocycles. The summed E-state index contributed by atoms with van der Waals surface area (Å²) in [4.78, 5) is 27.5. The Kier molecular flexibility index (Phi) is 7.24. The maximum Gasteiger partial charge on any atom is 0.416 e. The lowest BCUT2D eigenvalue weighted by atomic mass is 10.0. The number of benzene rings is 1. The molecule has 2 aliphatic rings. The summed E-state index contributed by atoms with van der Waals surface area (Å²) in [7, 11) is 0. The van der Waals surface area contributed by atoms with Crippen molar-refractivity contribution in [1.29, 1.82) is 0 Å². The summed E-state index contributed by atoms with van der Waals surface area (Å²) in [5, 5.41) is 4.36. The van der Waals surface area contributed by atoms with E-state index in [0.29, 0.717) is 75.2 Å². The molecule has 3 aromatic rings. The molecule has 0 N–H and O–H groups in total. The first-order valence-electron chi connectivity index (χ1n) is 12.6. The Morgan fingerprint density at radius 2 is 1.63 bits per heavy atom. The lowest BCUT2D eigenvalue weighted by molar-refractivity contribution is -0.137. The molecule has 0 radical (unpaired) electrons. The van der Waals surface area contributed by atoms with Crippen LogP contribution in [0.3, 0.4) is 0 Å². The minimum Gasteiger partial charge on any atom is -0.378 e. The number of amides is 1. The number of piperazine rings is 1. The number of aromatic nitrogens is 4. The van der Waals surface area contributed by atoms with Gasteiger partial charge in [-0.2, -0.15) is 18.3 Å². The molecule has 12 heteroatoms. The molecule has 202 valence electrons. The highest BCUT2D eigenvalue weighted by Crippen LogP contribution is 2.38. The monoisotopic (exact) mass is 529 g/mol. The third-order valence-corrected chi connectivity index (χ3v) is 6.93. The van der Waals surface area contributed by atoms with Crippen molar-refractivity contribution in [3.8, 4) is 11.1 Å². The van der Waals surface area contributed by atoms with Crippen molar-refractivity contribution < 1.29 is 22.7 Å². The molecule has 38 heavy (non-hydrogen) atoms. The zero-order valence-corrected chi connectivity index (χ0v) is 21.4. The lowest BCUT2D eigenvalue weighted by Crippen LogP contribution is -2.49. The van der Waals surface area contributed by atoms with Crippen LogP contribution in [0.4, 0.5) is 24.8 Å². The van der Waals surface area contributed by atoms with Crippen molar-refractivity contribution in [2.75, 3.05) is 62.3 Å². The Labute approximate surface area is 218 Å².